The number of hydrogen-bond donors (Lipinski definition) is 0. The molecule has 0 saturated carbocycles. The minimum absolute atomic E-state index is 0.0157. The van der Waals surface area contributed by atoms with E-state index in [1.54, 1.807) is 0 Å². The van der Waals surface area contributed by atoms with Crippen LogP contribution in [0.2, 0.25) is 0 Å². The van der Waals surface area contributed by atoms with Crippen LogP contribution in [0.15, 0.2) is 0 Å². The Hall–Kier alpha value is -0.850. The van der Waals surface area contributed by atoms with Gasteiger partial charge in [0.15, 0.2) is 0 Å². The lowest BCUT2D eigenvalue weighted by Gasteiger charge is -2.13. The predicted molar refractivity (Wildman–Crippen MR) is 40.5 cm³/mol. The number of halogens is 5. The lowest BCUT2D eigenvalue weighted by molar-refractivity contribution is -0.142. The topological polar surface area (TPSA) is 30.7 Å². The molecule has 1 rings (SSSR count). The van der Waals surface area contributed by atoms with Crippen molar-refractivity contribution in [1.82, 2.24) is 14.8 Å². The molecular formula is C6H6ClF4N3. The van der Waals surface area contributed by atoms with Crippen molar-refractivity contribution in [1.29, 1.82) is 0 Å². The Kier molecular flexibility index (Phi) is 2.98. The molecule has 0 aliphatic carbocycles. The summed E-state index contributed by atoms with van der Waals surface area (Å²) in [5.41, 5.74) is 0. The molecule has 0 N–H and O–H groups in total. The highest BCUT2D eigenvalue weighted by Gasteiger charge is 2.47. The second kappa shape index (κ2) is 3.72. The Bertz CT molecular complexity index is 325. The van der Waals surface area contributed by atoms with Gasteiger partial charge in [-0.1, -0.05) is 0 Å². The Morgan fingerprint density at radius 2 is 2.00 bits per heavy atom. The maximum absolute atomic E-state index is 12.8. The molecule has 1 aromatic rings. The maximum atomic E-state index is 12.8. The van der Waals surface area contributed by atoms with E-state index in [4.69, 9.17) is 11.6 Å². The molecule has 0 aromatic carbocycles. The minimum Gasteiger partial charge on any atom is -0.312 e. The van der Waals surface area contributed by atoms with Gasteiger partial charge in [-0.25, -0.2) is 8.78 Å². The molecule has 0 bridgehead atoms. The van der Waals surface area contributed by atoms with Crippen molar-refractivity contribution >= 4 is 11.6 Å². The molecule has 0 aliphatic heterocycles. The molecule has 1 heterocycles. The van der Waals surface area contributed by atoms with E-state index in [-0.39, 0.29) is 11.7 Å². The van der Waals surface area contributed by atoms with Crippen LogP contribution in [0.4, 0.5) is 17.6 Å². The van der Waals surface area contributed by atoms with E-state index >= 15 is 0 Å². The van der Waals surface area contributed by atoms with Crippen molar-refractivity contribution in [3.8, 4) is 0 Å². The zero-order chi connectivity index (χ0) is 10.9. The third-order valence-electron chi connectivity index (χ3n) is 1.66. The van der Waals surface area contributed by atoms with Crippen LogP contribution in [0.3, 0.4) is 0 Å². The largest absolute Gasteiger partial charge is 0.365 e. The second-order valence-electron chi connectivity index (χ2n) is 2.56. The molecule has 0 spiro atoms. The lowest BCUT2D eigenvalue weighted by Crippen LogP contribution is -2.27. The first-order valence-electron chi connectivity index (χ1n) is 3.52. The van der Waals surface area contributed by atoms with Gasteiger partial charge in [-0.15, -0.1) is 21.8 Å². The van der Waals surface area contributed by atoms with Gasteiger partial charge < -0.3 is 4.57 Å². The molecular weight excluding hydrogens is 226 g/mol. The van der Waals surface area contributed by atoms with E-state index in [1.807, 2.05) is 0 Å². The molecule has 0 fully saturated rings. The fourth-order valence-corrected chi connectivity index (χ4v) is 1.10. The predicted octanol–water partition coefficient (Wildman–Crippen LogP) is 1.91. The van der Waals surface area contributed by atoms with Crippen LogP contribution in [0.1, 0.15) is 11.6 Å². The third-order valence-corrected chi connectivity index (χ3v) is 1.90. The average molecular weight is 232 g/mol. The first kappa shape index (κ1) is 11.2. The molecule has 0 radical (unpaired) electrons. The summed E-state index contributed by atoms with van der Waals surface area (Å²) in [4.78, 5) is 0. The summed E-state index contributed by atoms with van der Waals surface area (Å²) >= 11 is 5.32. The van der Waals surface area contributed by atoms with Crippen LogP contribution >= 0.6 is 11.6 Å². The van der Waals surface area contributed by atoms with Gasteiger partial charge in [0.25, 0.3) is 0 Å². The maximum Gasteiger partial charge on any atom is 0.365 e. The van der Waals surface area contributed by atoms with Gasteiger partial charge in [-0.05, 0) is 0 Å². The quantitative estimate of drug-likeness (QED) is 0.588. The summed E-state index contributed by atoms with van der Waals surface area (Å²) in [6, 6.07) is 0. The van der Waals surface area contributed by atoms with E-state index < -0.39 is 18.2 Å². The summed E-state index contributed by atoms with van der Waals surface area (Å²) < 4.78 is 50.2. The number of rotatable bonds is 3. The molecule has 0 saturated heterocycles. The van der Waals surface area contributed by atoms with Crippen molar-refractivity contribution in [3.63, 3.8) is 0 Å². The molecule has 14 heavy (non-hydrogen) atoms. The fourth-order valence-electron chi connectivity index (χ4n) is 0.866. The fraction of sp³-hybridized carbons (Fsp3) is 0.667. The molecule has 0 aliphatic rings. The highest BCUT2D eigenvalue weighted by atomic mass is 35.5. The summed E-state index contributed by atoms with van der Waals surface area (Å²) in [5.74, 6) is -5.53. The van der Waals surface area contributed by atoms with E-state index in [9.17, 15) is 17.6 Å². The number of alkyl halides is 5. The summed E-state index contributed by atoms with van der Waals surface area (Å²) in [5, 5.41) is 6.23. The summed E-state index contributed by atoms with van der Waals surface area (Å²) in [7, 11) is 1.16. The number of aromatic nitrogens is 3. The van der Waals surface area contributed by atoms with E-state index in [0.717, 1.165) is 11.6 Å². The normalized spacial score (nSPS) is 12.5. The van der Waals surface area contributed by atoms with Crippen molar-refractivity contribution < 1.29 is 17.6 Å². The van der Waals surface area contributed by atoms with Crippen molar-refractivity contribution in [3.05, 3.63) is 11.6 Å². The Balaban J connectivity index is 3.13. The zero-order valence-electron chi connectivity index (χ0n) is 7.02. The highest BCUT2D eigenvalue weighted by molar-refractivity contribution is 6.16. The van der Waals surface area contributed by atoms with Gasteiger partial charge in [-0.3, -0.25) is 0 Å². The van der Waals surface area contributed by atoms with E-state index in [0.29, 0.717) is 0 Å². The first-order chi connectivity index (χ1) is 6.41. The molecule has 0 atom stereocenters. The van der Waals surface area contributed by atoms with Gasteiger partial charge in [0, 0.05) is 7.05 Å². The Morgan fingerprint density at radius 3 is 2.36 bits per heavy atom. The van der Waals surface area contributed by atoms with Crippen LogP contribution in [0, 0.1) is 0 Å². The number of nitrogens with zero attached hydrogens (tertiary/aromatic N) is 3. The van der Waals surface area contributed by atoms with Crippen LogP contribution in [-0.4, -0.2) is 21.2 Å². The lowest BCUT2D eigenvalue weighted by atomic mass is 10.3. The first-order valence-corrected chi connectivity index (χ1v) is 4.05. The van der Waals surface area contributed by atoms with Crippen LogP contribution in [-0.2, 0) is 18.9 Å². The van der Waals surface area contributed by atoms with Crippen molar-refractivity contribution in [2.24, 2.45) is 7.05 Å². The molecule has 80 valence electrons. The van der Waals surface area contributed by atoms with Gasteiger partial charge >= 0.3 is 12.3 Å². The third kappa shape index (κ3) is 1.68. The number of hydrogen-bond acceptors (Lipinski definition) is 2. The molecule has 8 heteroatoms. The van der Waals surface area contributed by atoms with Crippen LogP contribution in [0.25, 0.3) is 0 Å². The minimum atomic E-state index is -4.30. The molecule has 0 unspecified atom stereocenters. The van der Waals surface area contributed by atoms with Gasteiger partial charge in [-0.2, -0.15) is 8.78 Å². The van der Waals surface area contributed by atoms with Gasteiger partial charge in [0.05, 0.1) is 5.88 Å². The smallest absolute Gasteiger partial charge is 0.312 e. The zero-order valence-corrected chi connectivity index (χ0v) is 7.77. The summed E-state index contributed by atoms with van der Waals surface area (Å²) in [6.45, 7) is 0. The molecule has 1 aromatic heterocycles. The van der Waals surface area contributed by atoms with Gasteiger partial charge in [0.1, 0.15) is 5.82 Å². The Labute approximate surface area is 81.7 Å². The van der Waals surface area contributed by atoms with E-state index in [2.05, 4.69) is 10.2 Å². The van der Waals surface area contributed by atoms with Gasteiger partial charge in [0.2, 0.25) is 5.82 Å². The average Bonchev–Trinajstić information content (AvgIpc) is 2.46. The second-order valence-corrected chi connectivity index (χ2v) is 2.82. The van der Waals surface area contributed by atoms with Crippen LogP contribution < -0.4 is 0 Å². The molecule has 3 nitrogen and oxygen atoms in total. The molecule has 0 amide bonds. The van der Waals surface area contributed by atoms with Crippen molar-refractivity contribution in [2.75, 3.05) is 0 Å². The summed E-state index contributed by atoms with van der Waals surface area (Å²) in [6.07, 6.45) is -3.81. The Morgan fingerprint density at radius 1 is 1.43 bits per heavy atom. The highest BCUT2D eigenvalue weighted by Crippen LogP contribution is 2.33. The standard InChI is InChI=1S/C6H6ClF4N3/c1-14-3(2-7)12-13-5(14)6(10,11)4(8)9/h4H,2H2,1H3. The van der Waals surface area contributed by atoms with Crippen LogP contribution in [0.5, 0.6) is 0 Å². The van der Waals surface area contributed by atoms with Crippen molar-refractivity contribution in [2.45, 2.75) is 18.2 Å². The SMILES string of the molecule is Cn1c(CCl)nnc1C(F)(F)C(F)F. The monoisotopic (exact) mass is 231 g/mol. The van der Waals surface area contributed by atoms with E-state index in [1.165, 1.54) is 0 Å².